The summed E-state index contributed by atoms with van der Waals surface area (Å²) in [5, 5.41) is 25.1. The number of likely N-dealkylation sites (N-methyl/N-ethyl adjacent to an activating group) is 2. The molecule has 18 nitrogen and oxygen atoms in total. The Hall–Kier alpha value is -6.24. The first kappa shape index (κ1) is 57.5. The van der Waals surface area contributed by atoms with Gasteiger partial charge in [-0.3, -0.25) is 38.5 Å². The van der Waals surface area contributed by atoms with Crippen molar-refractivity contribution in [1.82, 2.24) is 57.3 Å². The molecule has 2 aromatic carbocycles. The number of aromatic nitrogens is 1. The molecule has 3 heterocycles. The molecule has 1 aromatic heterocycles. The van der Waals surface area contributed by atoms with Crippen LogP contribution in [0.3, 0.4) is 0 Å². The van der Waals surface area contributed by atoms with Crippen LogP contribution in [0.2, 0.25) is 0 Å². The fraction of sp³-hybridized carbons (Fsp3) is 0.586. The zero-order valence-electron chi connectivity index (χ0n) is 46.5. The highest BCUT2D eigenvalue weighted by atomic mass is 16.2. The largest absolute Gasteiger partial charge is 0.347 e. The minimum Gasteiger partial charge on any atom is -0.347 e. The Morgan fingerprint density at radius 2 is 1.07 bits per heavy atom. The van der Waals surface area contributed by atoms with E-state index >= 15 is 0 Å². The lowest BCUT2D eigenvalue weighted by Gasteiger charge is -2.39. The van der Waals surface area contributed by atoms with Crippen LogP contribution in [0, 0.1) is 10.8 Å². The number of aryl methyl sites for hydroxylation is 2. The molecule has 0 radical (unpaired) electrons. The third-order valence-corrected chi connectivity index (χ3v) is 16.0. The molecule has 76 heavy (non-hydrogen) atoms. The number of fused-ring (bicyclic) bond motifs is 2. The van der Waals surface area contributed by atoms with Gasteiger partial charge in [-0.25, -0.2) is 0 Å². The van der Waals surface area contributed by atoms with E-state index in [-0.39, 0.29) is 78.4 Å². The second-order valence-corrected chi connectivity index (χ2v) is 23.7. The first-order chi connectivity index (χ1) is 36.0. The normalized spacial score (nSPS) is 23.4. The van der Waals surface area contributed by atoms with Crippen LogP contribution < -0.4 is 42.5 Å². The van der Waals surface area contributed by atoms with Gasteiger partial charge in [0.15, 0.2) is 0 Å². The summed E-state index contributed by atoms with van der Waals surface area (Å²) in [5.74, 6) is -2.71. The summed E-state index contributed by atoms with van der Waals surface area (Å²) in [4.78, 5) is 107. The highest BCUT2D eigenvalue weighted by Gasteiger charge is 2.48. The summed E-state index contributed by atoms with van der Waals surface area (Å²) in [6.07, 6.45) is 8.80. The smallest absolute Gasteiger partial charge is 0.253 e. The zero-order valence-corrected chi connectivity index (χ0v) is 46.5. The summed E-state index contributed by atoms with van der Waals surface area (Å²) in [6, 6.07) is 12.1. The number of amides is 7. The number of likely N-dealkylation sites (tertiary alicyclic amines) is 2. The Morgan fingerprint density at radius 1 is 0.605 bits per heavy atom. The van der Waals surface area contributed by atoms with Crippen molar-refractivity contribution in [2.75, 3.05) is 27.2 Å². The van der Waals surface area contributed by atoms with Crippen LogP contribution in [0.1, 0.15) is 156 Å². The van der Waals surface area contributed by atoms with E-state index in [1.165, 1.54) is 40.1 Å². The van der Waals surface area contributed by atoms with Gasteiger partial charge in [0.25, 0.3) is 11.8 Å². The number of hydrogen-bond acceptors (Lipinski definition) is 11. The second-order valence-electron chi connectivity index (χ2n) is 23.7. The van der Waals surface area contributed by atoms with Gasteiger partial charge in [0.05, 0.1) is 29.3 Å². The number of benzene rings is 2. The highest BCUT2D eigenvalue weighted by Crippen LogP contribution is 2.34. The molecule has 1 unspecified atom stereocenters. The van der Waals surface area contributed by atoms with E-state index in [1.54, 1.807) is 32.8 Å². The van der Waals surface area contributed by atoms with Crippen molar-refractivity contribution in [2.45, 2.75) is 180 Å². The van der Waals surface area contributed by atoms with Gasteiger partial charge in [0.1, 0.15) is 18.1 Å². The van der Waals surface area contributed by atoms with Crippen LogP contribution in [-0.2, 0) is 36.8 Å². The van der Waals surface area contributed by atoms with Crippen LogP contribution in [0.15, 0.2) is 67.0 Å². The van der Waals surface area contributed by atoms with E-state index in [2.05, 4.69) is 84.8 Å². The fourth-order valence-corrected chi connectivity index (χ4v) is 11.3. The molecule has 2 aliphatic heterocycles. The van der Waals surface area contributed by atoms with Crippen molar-refractivity contribution < 1.29 is 33.6 Å². The van der Waals surface area contributed by atoms with E-state index in [1.807, 2.05) is 59.7 Å². The van der Waals surface area contributed by atoms with E-state index in [0.717, 1.165) is 44.1 Å². The van der Waals surface area contributed by atoms with Gasteiger partial charge >= 0.3 is 0 Å². The molecule has 2 aliphatic carbocycles. The molecule has 8 N–H and O–H groups in total. The number of hydrogen-bond donors (Lipinski definition) is 8. The van der Waals surface area contributed by atoms with Gasteiger partial charge in [-0.1, -0.05) is 90.1 Å². The number of carbonyl (C=O) groups is 7. The minimum absolute atomic E-state index is 0.00553. The van der Waals surface area contributed by atoms with Crippen LogP contribution in [-0.4, -0.2) is 138 Å². The van der Waals surface area contributed by atoms with Crippen molar-refractivity contribution >= 4 is 41.4 Å². The molecule has 2 fully saturated rings. The van der Waals surface area contributed by atoms with Crippen molar-refractivity contribution in [3.63, 3.8) is 0 Å². The maximum Gasteiger partial charge on any atom is 0.253 e. The van der Waals surface area contributed by atoms with Crippen molar-refractivity contribution in [3.05, 3.63) is 100 Å². The first-order valence-corrected chi connectivity index (χ1v) is 27.3. The Balaban J connectivity index is 1.08. The van der Waals surface area contributed by atoms with Crippen molar-refractivity contribution in [3.8, 4) is 0 Å². The average Bonchev–Trinajstić information content (AvgIpc) is 4.03. The lowest BCUT2D eigenvalue weighted by atomic mass is 9.85. The lowest BCUT2D eigenvalue weighted by molar-refractivity contribution is -0.144. The number of nitrogens with one attached hydrogen (secondary N) is 8. The number of pyridine rings is 1. The summed E-state index contributed by atoms with van der Waals surface area (Å²) < 4.78 is 0. The molecule has 7 rings (SSSR count). The molecule has 0 spiro atoms. The van der Waals surface area contributed by atoms with E-state index in [0.29, 0.717) is 6.42 Å². The molecule has 4 aliphatic rings. The third-order valence-electron chi connectivity index (χ3n) is 16.0. The summed E-state index contributed by atoms with van der Waals surface area (Å²) in [5.41, 5.74) is 3.62. The quantitative estimate of drug-likeness (QED) is 0.0963. The average molecular weight is 1050 g/mol. The monoisotopic (exact) mass is 1050 g/mol. The first-order valence-electron chi connectivity index (χ1n) is 27.3. The van der Waals surface area contributed by atoms with Gasteiger partial charge in [0.2, 0.25) is 29.5 Å². The standard InChI is InChI=1S/C58H83N11O7/c1-33(62-44-24-16-20-36-18-12-14-22-42(36)44)46-27-40(31-68(46)55(75)48(57(4,5)6)66-50(70)34(2)59-10)63-52(72)38-26-39(30-61-29-38)53(73)64-41-28-47(54(74)65-45-25-17-21-37-19-13-15-23-43(37)45)69(32-41)56(76)49(58(7,8)9)67-51(71)35(3)60-11/h12-15,18-19,22-23,26,29-30,33-35,40-41,44-49,59-60,62H,16-17,20-21,24-25,27-28,31-32H2,1-11H3,(H,63,72)(H,64,73)(H,65,74)(H,66,70)(H,67,71)/t33?,34-,35-,40-,41-,44+,45+,46-,47-,48+,49+/m0/s1. The summed E-state index contributed by atoms with van der Waals surface area (Å²) in [6.45, 7) is 17.0. The predicted molar refractivity (Wildman–Crippen MR) is 292 cm³/mol. The van der Waals surface area contributed by atoms with Crippen molar-refractivity contribution in [1.29, 1.82) is 0 Å². The van der Waals surface area contributed by atoms with Gasteiger partial charge in [0, 0.05) is 55.7 Å². The molecule has 11 atom stereocenters. The maximum absolute atomic E-state index is 14.8. The lowest BCUT2D eigenvalue weighted by Crippen LogP contribution is -2.60. The number of rotatable bonds is 17. The Kier molecular flexibility index (Phi) is 18.4. The van der Waals surface area contributed by atoms with E-state index in [9.17, 15) is 33.6 Å². The van der Waals surface area contributed by atoms with E-state index in [4.69, 9.17) is 0 Å². The van der Waals surface area contributed by atoms with Gasteiger partial charge in [-0.15, -0.1) is 0 Å². The maximum atomic E-state index is 14.8. The van der Waals surface area contributed by atoms with Crippen LogP contribution in [0.5, 0.6) is 0 Å². The van der Waals surface area contributed by atoms with Crippen LogP contribution >= 0.6 is 0 Å². The Morgan fingerprint density at radius 3 is 1.58 bits per heavy atom. The predicted octanol–water partition coefficient (Wildman–Crippen LogP) is 4.01. The van der Waals surface area contributed by atoms with Crippen molar-refractivity contribution in [2.24, 2.45) is 10.8 Å². The minimum atomic E-state index is -0.988. The topological polar surface area (TPSA) is 235 Å². The molecule has 18 heteroatoms. The van der Waals surface area contributed by atoms with Crippen LogP contribution in [0.4, 0.5) is 0 Å². The SMILES string of the molecule is CN[C@@H](C)C(=O)N[C@H](C(=O)N1C[C@@H](NC(=O)c2cncc(C(=O)N[C@H]3C[C@@H](C(C)N[C@@H]4CCCc5ccccc54)N(C(=O)[C@@H](NC(=O)[C@H](C)NC)C(C)(C)C)C3)c2)C[C@H]1C(=O)N[C@@H]1CCCc2ccccc21)C(C)(C)C. The van der Waals surface area contributed by atoms with Gasteiger partial charge < -0.3 is 52.3 Å². The number of carbonyl (C=O) groups excluding carboxylic acids is 7. The molecule has 3 aromatic rings. The Labute approximate surface area is 449 Å². The molecular weight excluding hydrogens is 963 g/mol. The summed E-state index contributed by atoms with van der Waals surface area (Å²) in [7, 11) is 3.35. The molecular formula is C58H83N11O7. The highest BCUT2D eigenvalue weighted by molar-refractivity contribution is 6.00. The summed E-state index contributed by atoms with van der Waals surface area (Å²) >= 11 is 0. The molecule has 0 bridgehead atoms. The molecule has 412 valence electrons. The fourth-order valence-electron chi connectivity index (χ4n) is 11.3. The molecule has 7 amide bonds. The third kappa shape index (κ3) is 13.5. The van der Waals surface area contributed by atoms with Crippen LogP contribution in [0.25, 0.3) is 0 Å². The van der Waals surface area contributed by atoms with E-state index < -0.39 is 70.8 Å². The van der Waals surface area contributed by atoms with Gasteiger partial charge in [-0.2, -0.15) is 0 Å². The Bertz CT molecular complexity index is 2610. The zero-order chi connectivity index (χ0) is 55.2. The van der Waals surface area contributed by atoms with Gasteiger partial charge in [-0.05, 0) is 125 Å². The number of nitrogens with zero attached hydrogens (tertiary/aromatic N) is 3. The molecule has 2 saturated heterocycles. The second kappa shape index (κ2) is 24.4. The molecule has 0 saturated carbocycles.